The van der Waals surface area contributed by atoms with Crippen LogP contribution in [0.4, 0.5) is 5.82 Å². The fourth-order valence-corrected chi connectivity index (χ4v) is 2.10. The van der Waals surface area contributed by atoms with Crippen LogP contribution in [0.15, 0.2) is 48.8 Å². The van der Waals surface area contributed by atoms with E-state index in [0.717, 1.165) is 41.1 Å². The Labute approximate surface area is 117 Å². The van der Waals surface area contributed by atoms with Gasteiger partial charge in [0, 0.05) is 24.3 Å². The molecule has 2 aromatic heterocycles. The molecule has 3 aromatic rings. The molecule has 0 bridgehead atoms. The molecule has 0 saturated carbocycles. The van der Waals surface area contributed by atoms with E-state index in [2.05, 4.69) is 39.3 Å². The quantitative estimate of drug-likeness (QED) is 0.783. The van der Waals surface area contributed by atoms with Crippen molar-refractivity contribution >= 4 is 16.7 Å². The van der Waals surface area contributed by atoms with Crippen LogP contribution in [0.2, 0.25) is 0 Å². The Kier molecular flexibility index (Phi) is 3.54. The average Bonchev–Trinajstić information content (AvgIpc) is 2.53. The minimum absolute atomic E-state index is 0.789. The molecule has 2 heterocycles. The Morgan fingerprint density at radius 1 is 1.00 bits per heavy atom. The van der Waals surface area contributed by atoms with Gasteiger partial charge in [-0.25, -0.2) is 15.0 Å². The lowest BCUT2D eigenvalue weighted by molar-refractivity contribution is 0.965. The van der Waals surface area contributed by atoms with Crippen molar-refractivity contribution in [2.45, 2.75) is 13.3 Å². The van der Waals surface area contributed by atoms with E-state index >= 15 is 0 Å². The predicted molar refractivity (Wildman–Crippen MR) is 81.5 cm³/mol. The average molecular weight is 264 g/mol. The van der Waals surface area contributed by atoms with Gasteiger partial charge in [-0.3, -0.25) is 0 Å². The molecule has 4 nitrogen and oxygen atoms in total. The first-order chi connectivity index (χ1) is 9.88. The minimum atomic E-state index is 0.789. The SMILES string of the molecule is CCCNc1nccnc1-c1ccc2ccccc2n1. The summed E-state index contributed by atoms with van der Waals surface area (Å²) in [6.45, 7) is 3.00. The van der Waals surface area contributed by atoms with Gasteiger partial charge in [-0.05, 0) is 18.6 Å². The molecule has 0 unspecified atom stereocenters. The van der Waals surface area contributed by atoms with E-state index in [9.17, 15) is 0 Å². The second-order valence-electron chi connectivity index (χ2n) is 4.57. The smallest absolute Gasteiger partial charge is 0.154 e. The molecule has 100 valence electrons. The normalized spacial score (nSPS) is 10.7. The molecular formula is C16H16N4. The topological polar surface area (TPSA) is 50.7 Å². The first-order valence-corrected chi connectivity index (χ1v) is 6.79. The number of benzene rings is 1. The highest BCUT2D eigenvalue weighted by Gasteiger charge is 2.09. The summed E-state index contributed by atoms with van der Waals surface area (Å²) in [5.41, 5.74) is 2.61. The van der Waals surface area contributed by atoms with E-state index in [-0.39, 0.29) is 0 Å². The van der Waals surface area contributed by atoms with Crippen molar-refractivity contribution < 1.29 is 0 Å². The molecule has 0 saturated heterocycles. The Bertz CT molecular complexity index is 724. The van der Waals surface area contributed by atoms with Gasteiger partial charge in [0.1, 0.15) is 5.69 Å². The second kappa shape index (κ2) is 5.65. The van der Waals surface area contributed by atoms with Crippen LogP contribution in [-0.2, 0) is 0 Å². The van der Waals surface area contributed by atoms with E-state index in [1.165, 1.54) is 0 Å². The van der Waals surface area contributed by atoms with Gasteiger partial charge in [0.05, 0.1) is 11.2 Å². The van der Waals surface area contributed by atoms with Crippen LogP contribution >= 0.6 is 0 Å². The molecular weight excluding hydrogens is 248 g/mol. The fourth-order valence-electron chi connectivity index (χ4n) is 2.10. The van der Waals surface area contributed by atoms with Crippen LogP contribution in [0, 0.1) is 0 Å². The molecule has 0 aliphatic rings. The molecule has 0 amide bonds. The number of pyridine rings is 1. The molecule has 0 aliphatic heterocycles. The Balaban J connectivity index is 2.06. The summed E-state index contributed by atoms with van der Waals surface area (Å²) in [4.78, 5) is 13.5. The molecule has 1 aromatic carbocycles. The van der Waals surface area contributed by atoms with E-state index < -0.39 is 0 Å². The van der Waals surface area contributed by atoms with Crippen LogP contribution in [0.5, 0.6) is 0 Å². The van der Waals surface area contributed by atoms with Crippen molar-refractivity contribution in [3.8, 4) is 11.4 Å². The maximum atomic E-state index is 4.67. The number of aromatic nitrogens is 3. The summed E-state index contributed by atoms with van der Waals surface area (Å²) >= 11 is 0. The predicted octanol–water partition coefficient (Wildman–Crippen LogP) is 3.51. The number of fused-ring (bicyclic) bond motifs is 1. The molecule has 20 heavy (non-hydrogen) atoms. The zero-order valence-electron chi connectivity index (χ0n) is 11.4. The van der Waals surface area contributed by atoms with Crippen molar-refractivity contribution in [3.05, 3.63) is 48.8 Å². The second-order valence-corrected chi connectivity index (χ2v) is 4.57. The van der Waals surface area contributed by atoms with E-state index in [1.807, 2.05) is 24.3 Å². The molecule has 0 radical (unpaired) electrons. The number of rotatable bonds is 4. The van der Waals surface area contributed by atoms with Gasteiger partial charge < -0.3 is 5.32 Å². The monoisotopic (exact) mass is 264 g/mol. The molecule has 0 fully saturated rings. The third kappa shape index (κ3) is 2.45. The first kappa shape index (κ1) is 12.5. The van der Waals surface area contributed by atoms with E-state index in [1.54, 1.807) is 12.4 Å². The van der Waals surface area contributed by atoms with Crippen molar-refractivity contribution in [2.75, 3.05) is 11.9 Å². The number of nitrogens with one attached hydrogen (secondary N) is 1. The highest BCUT2D eigenvalue weighted by atomic mass is 15.0. The molecule has 0 atom stereocenters. The van der Waals surface area contributed by atoms with E-state index in [0.29, 0.717) is 0 Å². The highest BCUT2D eigenvalue weighted by molar-refractivity contribution is 5.82. The van der Waals surface area contributed by atoms with Gasteiger partial charge >= 0.3 is 0 Å². The number of anilines is 1. The van der Waals surface area contributed by atoms with Crippen LogP contribution < -0.4 is 5.32 Å². The Morgan fingerprint density at radius 2 is 1.85 bits per heavy atom. The van der Waals surface area contributed by atoms with Crippen LogP contribution in [0.3, 0.4) is 0 Å². The fraction of sp³-hybridized carbons (Fsp3) is 0.188. The number of para-hydroxylation sites is 1. The highest BCUT2D eigenvalue weighted by Crippen LogP contribution is 2.23. The molecule has 0 aliphatic carbocycles. The van der Waals surface area contributed by atoms with Crippen molar-refractivity contribution in [1.29, 1.82) is 0 Å². The first-order valence-electron chi connectivity index (χ1n) is 6.79. The zero-order chi connectivity index (χ0) is 13.8. The van der Waals surface area contributed by atoms with Crippen LogP contribution in [-0.4, -0.2) is 21.5 Å². The number of hydrogen-bond acceptors (Lipinski definition) is 4. The van der Waals surface area contributed by atoms with Crippen molar-refractivity contribution in [2.24, 2.45) is 0 Å². The van der Waals surface area contributed by atoms with Gasteiger partial charge in [-0.2, -0.15) is 0 Å². The van der Waals surface area contributed by atoms with Gasteiger partial charge in [0.15, 0.2) is 5.82 Å². The third-order valence-electron chi connectivity index (χ3n) is 3.08. The lowest BCUT2D eigenvalue weighted by atomic mass is 10.2. The zero-order valence-corrected chi connectivity index (χ0v) is 11.4. The molecule has 4 heteroatoms. The summed E-state index contributed by atoms with van der Waals surface area (Å²) in [5, 5.41) is 4.42. The van der Waals surface area contributed by atoms with Crippen LogP contribution in [0.25, 0.3) is 22.3 Å². The van der Waals surface area contributed by atoms with Gasteiger partial charge in [0.2, 0.25) is 0 Å². The Morgan fingerprint density at radius 3 is 2.75 bits per heavy atom. The summed E-state index contributed by atoms with van der Waals surface area (Å²) in [5.74, 6) is 0.789. The Hall–Kier alpha value is -2.49. The maximum Gasteiger partial charge on any atom is 0.154 e. The summed E-state index contributed by atoms with van der Waals surface area (Å²) in [6, 6.07) is 12.1. The largest absolute Gasteiger partial charge is 0.368 e. The lowest BCUT2D eigenvalue weighted by Gasteiger charge is -2.09. The summed E-state index contributed by atoms with van der Waals surface area (Å²) in [6.07, 6.45) is 4.44. The molecule has 3 rings (SSSR count). The molecule has 0 spiro atoms. The van der Waals surface area contributed by atoms with E-state index in [4.69, 9.17) is 0 Å². The number of hydrogen-bond donors (Lipinski definition) is 1. The van der Waals surface area contributed by atoms with Gasteiger partial charge in [-0.15, -0.1) is 0 Å². The van der Waals surface area contributed by atoms with Crippen molar-refractivity contribution in [1.82, 2.24) is 15.0 Å². The van der Waals surface area contributed by atoms with Crippen LogP contribution in [0.1, 0.15) is 13.3 Å². The van der Waals surface area contributed by atoms with Gasteiger partial charge in [-0.1, -0.05) is 31.2 Å². The lowest BCUT2D eigenvalue weighted by Crippen LogP contribution is -2.05. The minimum Gasteiger partial charge on any atom is -0.368 e. The van der Waals surface area contributed by atoms with Crippen molar-refractivity contribution in [3.63, 3.8) is 0 Å². The third-order valence-corrected chi connectivity index (χ3v) is 3.08. The van der Waals surface area contributed by atoms with Gasteiger partial charge in [0.25, 0.3) is 0 Å². The maximum absolute atomic E-state index is 4.67. The number of nitrogens with zero attached hydrogens (tertiary/aromatic N) is 3. The summed E-state index contributed by atoms with van der Waals surface area (Å²) in [7, 11) is 0. The summed E-state index contributed by atoms with van der Waals surface area (Å²) < 4.78 is 0. The standard InChI is InChI=1S/C16H16N4/c1-2-9-18-16-15(17-10-11-19-16)14-8-7-12-5-3-4-6-13(12)20-14/h3-8,10-11H,2,9H2,1H3,(H,18,19). The molecule has 1 N–H and O–H groups in total.